The molecule has 2 N–H and O–H groups in total. The fraction of sp³-hybridized carbons (Fsp3) is 0.500. The predicted molar refractivity (Wildman–Crippen MR) is 93.1 cm³/mol. The molecular weight excluding hydrogens is 306 g/mol. The summed E-state index contributed by atoms with van der Waals surface area (Å²) < 4.78 is 0. The number of ketones is 1. The summed E-state index contributed by atoms with van der Waals surface area (Å²) in [4.78, 5) is 37.9. The molecule has 1 aromatic rings. The standard InChI is InChI=1S/C18H25N3O3/c1-12(22)13-7-5-8-14(11-13)19-17(24)21-10-6-9-15(21)16(23)20-18(2,3)4/h5,7-8,11,15H,6,9-10H2,1-4H3,(H,19,24)(H,20,23)/t15-/m1/s1. The van der Waals surface area contributed by atoms with Crippen molar-refractivity contribution in [1.82, 2.24) is 10.2 Å². The molecular formula is C18H25N3O3. The van der Waals surface area contributed by atoms with Crippen molar-refractivity contribution < 1.29 is 14.4 Å². The first kappa shape index (κ1) is 18.0. The average molecular weight is 331 g/mol. The van der Waals surface area contributed by atoms with Crippen molar-refractivity contribution in [3.05, 3.63) is 29.8 Å². The topological polar surface area (TPSA) is 78.5 Å². The lowest BCUT2D eigenvalue weighted by molar-refractivity contribution is -0.126. The number of carbonyl (C=O) groups is 3. The largest absolute Gasteiger partial charge is 0.350 e. The molecule has 0 radical (unpaired) electrons. The molecule has 130 valence electrons. The minimum atomic E-state index is -0.458. The highest BCUT2D eigenvalue weighted by Gasteiger charge is 2.35. The number of benzene rings is 1. The second-order valence-corrected chi connectivity index (χ2v) is 7.16. The van der Waals surface area contributed by atoms with Crippen molar-refractivity contribution in [2.24, 2.45) is 0 Å². The Bertz CT molecular complexity index is 649. The quantitative estimate of drug-likeness (QED) is 0.836. The van der Waals surface area contributed by atoms with E-state index in [1.54, 1.807) is 29.2 Å². The Hall–Kier alpha value is -2.37. The number of nitrogens with zero attached hydrogens (tertiary/aromatic N) is 1. The van der Waals surface area contributed by atoms with Gasteiger partial charge in [-0.3, -0.25) is 9.59 Å². The number of likely N-dealkylation sites (tertiary alicyclic amines) is 1. The summed E-state index contributed by atoms with van der Waals surface area (Å²) >= 11 is 0. The van der Waals surface area contributed by atoms with Crippen LogP contribution < -0.4 is 10.6 Å². The highest BCUT2D eigenvalue weighted by atomic mass is 16.2. The highest BCUT2D eigenvalue weighted by molar-refractivity contribution is 5.98. The zero-order valence-electron chi connectivity index (χ0n) is 14.7. The van der Waals surface area contributed by atoms with Crippen LogP contribution >= 0.6 is 0 Å². The summed E-state index contributed by atoms with van der Waals surface area (Å²) in [6.45, 7) is 7.77. The number of nitrogens with one attached hydrogen (secondary N) is 2. The van der Waals surface area contributed by atoms with Gasteiger partial charge in [0.05, 0.1) is 0 Å². The van der Waals surface area contributed by atoms with Gasteiger partial charge in [-0.2, -0.15) is 0 Å². The van der Waals surface area contributed by atoms with Crippen LogP contribution in [0.1, 0.15) is 50.9 Å². The van der Waals surface area contributed by atoms with E-state index in [0.29, 0.717) is 24.2 Å². The predicted octanol–water partition coefficient (Wildman–Crippen LogP) is 2.80. The average Bonchev–Trinajstić information content (AvgIpc) is 2.95. The molecule has 1 aromatic carbocycles. The third kappa shape index (κ3) is 4.57. The molecule has 0 unspecified atom stereocenters. The Labute approximate surface area is 142 Å². The van der Waals surface area contributed by atoms with Crippen molar-refractivity contribution in [3.63, 3.8) is 0 Å². The Morgan fingerprint density at radius 1 is 1.21 bits per heavy atom. The lowest BCUT2D eigenvalue weighted by Gasteiger charge is -2.28. The third-order valence-corrected chi connectivity index (χ3v) is 3.83. The SMILES string of the molecule is CC(=O)c1cccc(NC(=O)N2CCC[C@@H]2C(=O)NC(C)(C)C)c1. The van der Waals surface area contributed by atoms with Gasteiger partial charge in [-0.15, -0.1) is 0 Å². The van der Waals surface area contributed by atoms with Gasteiger partial charge in [0.2, 0.25) is 5.91 Å². The monoisotopic (exact) mass is 331 g/mol. The molecule has 1 fully saturated rings. The van der Waals surface area contributed by atoms with E-state index in [1.165, 1.54) is 6.92 Å². The second-order valence-electron chi connectivity index (χ2n) is 7.16. The summed E-state index contributed by atoms with van der Waals surface area (Å²) in [6, 6.07) is 6.01. The molecule has 0 bridgehead atoms. The smallest absolute Gasteiger partial charge is 0.322 e. The molecule has 3 amide bonds. The molecule has 1 aliphatic rings. The molecule has 0 saturated carbocycles. The van der Waals surface area contributed by atoms with E-state index in [1.807, 2.05) is 20.8 Å². The van der Waals surface area contributed by atoms with E-state index in [0.717, 1.165) is 6.42 Å². The van der Waals surface area contributed by atoms with Crippen LogP contribution in [0.15, 0.2) is 24.3 Å². The maximum absolute atomic E-state index is 12.5. The summed E-state index contributed by atoms with van der Waals surface area (Å²) in [6.07, 6.45) is 1.45. The summed E-state index contributed by atoms with van der Waals surface area (Å²) in [5, 5.41) is 5.71. The Morgan fingerprint density at radius 2 is 1.92 bits per heavy atom. The van der Waals surface area contributed by atoms with Crippen molar-refractivity contribution in [2.45, 2.75) is 52.1 Å². The summed E-state index contributed by atoms with van der Waals surface area (Å²) in [5.41, 5.74) is 0.753. The summed E-state index contributed by atoms with van der Waals surface area (Å²) in [7, 11) is 0. The van der Waals surface area contributed by atoms with Gasteiger partial charge in [0.25, 0.3) is 0 Å². The zero-order chi connectivity index (χ0) is 17.9. The van der Waals surface area contributed by atoms with Crippen LogP contribution in [0, 0.1) is 0 Å². The highest BCUT2D eigenvalue weighted by Crippen LogP contribution is 2.20. The molecule has 1 heterocycles. The van der Waals surface area contributed by atoms with Crippen LogP contribution in [0.5, 0.6) is 0 Å². The van der Waals surface area contributed by atoms with E-state index in [2.05, 4.69) is 10.6 Å². The molecule has 6 nitrogen and oxygen atoms in total. The number of hydrogen-bond acceptors (Lipinski definition) is 3. The number of rotatable bonds is 3. The maximum atomic E-state index is 12.5. The van der Waals surface area contributed by atoms with E-state index >= 15 is 0 Å². The van der Waals surface area contributed by atoms with Crippen molar-refractivity contribution >= 4 is 23.4 Å². The van der Waals surface area contributed by atoms with Gasteiger partial charge in [-0.25, -0.2) is 4.79 Å². The molecule has 1 saturated heterocycles. The Morgan fingerprint density at radius 3 is 2.54 bits per heavy atom. The minimum Gasteiger partial charge on any atom is -0.350 e. The lowest BCUT2D eigenvalue weighted by Crippen LogP contribution is -2.52. The van der Waals surface area contributed by atoms with Crippen molar-refractivity contribution in [1.29, 1.82) is 0 Å². The summed E-state index contributed by atoms with van der Waals surface area (Å²) in [5.74, 6) is -0.192. The number of anilines is 1. The molecule has 24 heavy (non-hydrogen) atoms. The zero-order valence-corrected chi connectivity index (χ0v) is 14.7. The fourth-order valence-electron chi connectivity index (χ4n) is 2.75. The van der Waals surface area contributed by atoms with Gasteiger partial charge in [0.15, 0.2) is 5.78 Å². The van der Waals surface area contributed by atoms with Crippen molar-refractivity contribution in [3.8, 4) is 0 Å². The van der Waals surface area contributed by atoms with Gasteiger partial charge in [-0.1, -0.05) is 12.1 Å². The molecule has 1 atom stereocenters. The fourth-order valence-corrected chi connectivity index (χ4v) is 2.75. The van der Waals surface area contributed by atoms with Crippen LogP contribution in [0.25, 0.3) is 0 Å². The van der Waals surface area contributed by atoms with Crippen molar-refractivity contribution in [2.75, 3.05) is 11.9 Å². The van der Waals surface area contributed by atoms with Gasteiger partial charge in [-0.05, 0) is 52.7 Å². The number of urea groups is 1. The molecule has 0 aromatic heterocycles. The van der Waals surface area contributed by atoms with Gasteiger partial charge >= 0.3 is 6.03 Å². The number of carbonyl (C=O) groups excluding carboxylic acids is 3. The van der Waals surface area contributed by atoms with Gasteiger partial charge in [0, 0.05) is 23.3 Å². The van der Waals surface area contributed by atoms with E-state index in [-0.39, 0.29) is 23.3 Å². The van der Waals surface area contributed by atoms with Crippen LogP contribution in [-0.2, 0) is 4.79 Å². The molecule has 2 rings (SSSR count). The van der Waals surface area contributed by atoms with Crippen LogP contribution in [0.2, 0.25) is 0 Å². The first-order valence-corrected chi connectivity index (χ1v) is 8.18. The second kappa shape index (κ2) is 7.03. The first-order chi connectivity index (χ1) is 11.2. The van der Waals surface area contributed by atoms with E-state index < -0.39 is 6.04 Å². The number of Topliss-reactive ketones (excluding diaryl/α,β-unsaturated/α-hetero) is 1. The van der Waals surface area contributed by atoms with Crippen LogP contribution in [0.3, 0.4) is 0 Å². The lowest BCUT2D eigenvalue weighted by atomic mass is 10.1. The van der Waals surface area contributed by atoms with Gasteiger partial charge < -0.3 is 15.5 Å². The van der Waals surface area contributed by atoms with E-state index in [4.69, 9.17) is 0 Å². The molecule has 0 aliphatic carbocycles. The third-order valence-electron chi connectivity index (χ3n) is 3.83. The first-order valence-electron chi connectivity index (χ1n) is 8.18. The molecule has 1 aliphatic heterocycles. The Kier molecular flexibility index (Phi) is 5.26. The maximum Gasteiger partial charge on any atom is 0.322 e. The van der Waals surface area contributed by atoms with Crippen LogP contribution in [-0.4, -0.2) is 40.7 Å². The number of amides is 3. The molecule has 0 spiro atoms. The normalized spacial score (nSPS) is 17.5. The number of hydrogen-bond donors (Lipinski definition) is 2. The van der Waals surface area contributed by atoms with Gasteiger partial charge in [0.1, 0.15) is 6.04 Å². The van der Waals surface area contributed by atoms with E-state index in [9.17, 15) is 14.4 Å². The Balaban J connectivity index is 2.07. The molecule has 6 heteroatoms. The minimum absolute atomic E-state index is 0.0605. The van der Waals surface area contributed by atoms with Crippen LogP contribution in [0.4, 0.5) is 10.5 Å².